The molecule has 0 aromatic carbocycles. The first-order valence-electron chi connectivity index (χ1n) is 4.57. The minimum Gasteiger partial charge on any atom is -0.0801 e. The molecule has 0 saturated heterocycles. The van der Waals surface area contributed by atoms with Gasteiger partial charge in [0.15, 0.2) is 0 Å². The van der Waals surface area contributed by atoms with Crippen molar-refractivity contribution in [1.82, 2.24) is 0 Å². The van der Waals surface area contributed by atoms with E-state index in [0.717, 1.165) is 5.92 Å². The van der Waals surface area contributed by atoms with Crippen molar-refractivity contribution in [3.05, 3.63) is 34.9 Å². The number of rotatable bonds is 0. The van der Waals surface area contributed by atoms with Crippen LogP contribution < -0.4 is 0 Å². The van der Waals surface area contributed by atoms with E-state index in [1.165, 1.54) is 25.7 Å². The molecule has 56 valence electrons. The third-order valence-electron chi connectivity index (χ3n) is 3.15. The first-order valence-corrected chi connectivity index (χ1v) is 4.57. The lowest BCUT2D eigenvalue weighted by Gasteiger charge is -2.32. The van der Waals surface area contributed by atoms with Gasteiger partial charge in [-0.25, -0.2) is 0 Å². The monoisotopic (exact) mass is 144 g/mol. The highest BCUT2D eigenvalue weighted by Crippen LogP contribution is 2.51. The Morgan fingerprint density at radius 3 is 3.36 bits per heavy atom. The van der Waals surface area contributed by atoms with Gasteiger partial charge in [-0.15, -0.1) is 0 Å². The van der Waals surface area contributed by atoms with E-state index in [-0.39, 0.29) is 0 Å². The van der Waals surface area contributed by atoms with Crippen molar-refractivity contribution in [2.24, 2.45) is 5.92 Å². The van der Waals surface area contributed by atoms with E-state index in [9.17, 15) is 0 Å². The predicted octanol–water partition coefficient (Wildman–Crippen LogP) is 2.98. The Morgan fingerprint density at radius 1 is 1.36 bits per heavy atom. The third-order valence-corrected chi connectivity index (χ3v) is 3.15. The molecule has 0 amide bonds. The molecule has 0 spiro atoms. The maximum Gasteiger partial charge on any atom is 0.00602 e. The summed E-state index contributed by atoms with van der Waals surface area (Å²) in [5, 5.41) is 0. The Bertz CT molecular complexity index is 289. The van der Waals surface area contributed by atoms with Crippen molar-refractivity contribution in [2.45, 2.75) is 25.7 Å². The number of hydrogen-bond donors (Lipinski definition) is 0. The van der Waals surface area contributed by atoms with Gasteiger partial charge in [0.1, 0.15) is 0 Å². The van der Waals surface area contributed by atoms with Crippen molar-refractivity contribution in [3.63, 3.8) is 0 Å². The zero-order valence-electron chi connectivity index (χ0n) is 6.64. The molecule has 3 aliphatic rings. The van der Waals surface area contributed by atoms with E-state index in [0.29, 0.717) is 0 Å². The van der Waals surface area contributed by atoms with Crippen LogP contribution in [-0.4, -0.2) is 0 Å². The molecule has 11 heavy (non-hydrogen) atoms. The SMILES string of the molecule is C1=CC2=C3CCCC3C2=CC1. The fourth-order valence-corrected chi connectivity index (χ4v) is 2.64. The van der Waals surface area contributed by atoms with Gasteiger partial charge in [0.2, 0.25) is 0 Å². The Morgan fingerprint density at radius 2 is 2.36 bits per heavy atom. The Balaban J connectivity index is 2.13. The zero-order valence-corrected chi connectivity index (χ0v) is 6.64. The summed E-state index contributed by atoms with van der Waals surface area (Å²) in [6.45, 7) is 0. The van der Waals surface area contributed by atoms with Gasteiger partial charge in [-0.05, 0) is 36.8 Å². The lowest BCUT2D eigenvalue weighted by Crippen LogP contribution is -2.17. The van der Waals surface area contributed by atoms with Gasteiger partial charge in [-0.2, -0.15) is 0 Å². The minimum absolute atomic E-state index is 0.898. The second-order valence-corrected chi connectivity index (χ2v) is 3.68. The molecule has 1 atom stereocenters. The van der Waals surface area contributed by atoms with Crippen LogP contribution in [0.1, 0.15) is 25.7 Å². The second-order valence-electron chi connectivity index (χ2n) is 3.68. The maximum absolute atomic E-state index is 2.41. The number of allylic oxidation sites excluding steroid dienone is 6. The molecule has 1 fully saturated rings. The second kappa shape index (κ2) is 1.88. The fourth-order valence-electron chi connectivity index (χ4n) is 2.64. The van der Waals surface area contributed by atoms with Crippen LogP contribution in [-0.2, 0) is 0 Å². The predicted molar refractivity (Wildman–Crippen MR) is 46.2 cm³/mol. The van der Waals surface area contributed by atoms with Crippen molar-refractivity contribution in [1.29, 1.82) is 0 Å². The molecule has 0 aromatic heterocycles. The molecule has 0 aliphatic heterocycles. The highest BCUT2D eigenvalue weighted by molar-refractivity contribution is 5.60. The Labute approximate surface area is 67.3 Å². The average Bonchev–Trinajstić information content (AvgIpc) is 2.44. The molecule has 3 rings (SSSR count). The zero-order chi connectivity index (χ0) is 7.26. The van der Waals surface area contributed by atoms with Gasteiger partial charge in [0.25, 0.3) is 0 Å². The van der Waals surface area contributed by atoms with Crippen LogP contribution in [0.5, 0.6) is 0 Å². The van der Waals surface area contributed by atoms with E-state index < -0.39 is 0 Å². The third kappa shape index (κ3) is 0.604. The van der Waals surface area contributed by atoms with Gasteiger partial charge in [0.05, 0.1) is 0 Å². The lowest BCUT2D eigenvalue weighted by atomic mass is 9.72. The lowest BCUT2D eigenvalue weighted by molar-refractivity contribution is 0.685. The van der Waals surface area contributed by atoms with E-state index in [1.807, 2.05) is 0 Å². The maximum atomic E-state index is 2.41. The van der Waals surface area contributed by atoms with Crippen molar-refractivity contribution < 1.29 is 0 Å². The minimum atomic E-state index is 0.898. The largest absolute Gasteiger partial charge is 0.0801 e. The summed E-state index contributed by atoms with van der Waals surface area (Å²) < 4.78 is 0. The van der Waals surface area contributed by atoms with Crippen LogP contribution in [0.25, 0.3) is 0 Å². The quantitative estimate of drug-likeness (QED) is 0.490. The van der Waals surface area contributed by atoms with Crippen molar-refractivity contribution in [2.75, 3.05) is 0 Å². The summed E-state index contributed by atoms with van der Waals surface area (Å²) in [7, 11) is 0. The van der Waals surface area contributed by atoms with Crippen LogP contribution in [0.4, 0.5) is 0 Å². The molecule has 0 nitrogen and oxygen atoms in total. The van der Waals surface area contributed by atoms with E-state index in [2.05, 4.69) is 18.2 Å². The molecule has 3 aliphatic carbocycles. The summed E-state index contributed by atoms with van der Waals surface area (Å²) >= 11 is 0. The highest BCUT2D eigenvalue weighted by atomic mass is 14.4. The first kappa shape index (κ1) is 5.82. The summed E-state index contributed by atoms with van der Waals surface area (Å²) in [6.07, 6.45) is 12.4. The van der Waals surface area contributed by atoms with Crippen molar-refractivity contribution in [3.8, 4) is 0 Å². The van der Waals surface area contributed by atoms with Crippen molar-refractivity contribution >= 4 is 0 Å². The van der Waals surface area contributed by atoms with Gasteiger partial charge < -0.3 is 0 Å². The molecule has 0 heterocycles. The molecular formula is C11H12. The summed E-state index contributed by atoms with van der Waals surface area (Å²) in [5.41, 5.74) is 5.02. The molecule has 0 heteroatoms. The molecule has 0 bridgehead atoms. The van der Waals surface area contributed by atoms with Crippen LogP contribution in [0.15, 0.2) is 34.9 Å². The summed E-state index contributed by atoms with van der Waals surface area (Å²) in [4.78, 5) is 0. The first-order chi connectivity index (χ1) is 5.47. The van der Waals surface area contributed by atoms with Gasteiger partial charge in [-0.3, -0.25) is 0 Å². The molecule has 1 saturated carbocycles. The normalized spacial score (nSPS) is 32.7. The van der Waals surface area contributed by atoms with Gasteiger partial charge in [-0.1, -0.05) is 23.8 Å². The Hall–Kier alpha value is -0.780. The molecule has 0 N–H and O–H groups in total. The molecular weight excluding hydrogens is 132 g/mol. The number of hydrogen-bond acceptors (Lipinski definition) is 0. The molecule has 0 radical (unpaired) electrons. The summed E-state index contributed by atoms with van der Waals surface area (Å²) in [6, 6.07) is 0. The van der Waals surface area contributed by atoms with E-state index >= 15 is 0 Å². The fraction of sp³-hybridized carbons (Fsp3) is 0.455. The van der Waals surface area contributed by atoms with Gasteiger partial charge in [0, 0.05) is 5.92 Å². The Kier molecular flexibility index (Phi) is 0.993. The van der Waals surface area contributed by atoms with Crippen LogP contribution in [0.2, 0.25) is 0 Å². The molecule has 0 aromatic rings. The van der Waals surface area contributed by atoms with E-state index in [4.69, 9.17) is 0 Å². The summed E-state index contributed by atoms with van der Waals surface area (Å²) in [5.74, 6) is 0.898. The average molecular weight is 144 g/mol. The molecule has 1 unspecified atom stereocenters. The standard InChI is InChI=1S/C11H12/c1-2-5-9-8(4-1)10-6-3-7-11(9)10/h1,4-5,11H,2-3,6-7H2. The highest BCUT2D eigenvalue weighted by Gasteiger charge is 2.36. The number of fused-ring (bicyclic) bond motifs is 3. The van der Waals surface area contributed by atoms with E-state index in [1.54, 1.807) is 16.7 Å². The van der Waals surface area contributed by atoms with Gasteiger partial charge >= 0.3 is 0 Å². The topological polar surface area (TPSA) is 0 Å². The van der Waals surface area contributed by atoms with Crippen LogP contribution in [0.3, 0.4) is 0 Å². The van der Waals surface area contributed by atoms with Crippen LogP contribution >= 0.6 is 0 Å². The smallest absolute Gasteiger partial charge is 0.00602 e. The van der Waals surface area contributed by atoms with Crippen LogP contribution in [0, 0.1) is 5.92 Å².